The Balaban J connectivity index is 2.24. The molecule has 4 nitrogen and oxygen atoms in total. The molecule has 0 aliphatic heterocycles. The minimum atomic E-state index is -0.617. The summed E-state index contributed by atoms with van der Waals surface area (Å²) in [5, 5.41) is 0.766. The van der Waals surface area contributed by atoms with Gasteiger partial charge in [-0.2, -0.15) is 0 Å². The van der Waals surface area contributed by atoms with Gasteiger partial charge in [0.2, 0.25) is 0 Å². The normalized spacial score (nSPS) is 11.6. The van der Waals surface area contributed by atoms with Crippen molar-refractivity contribution >= 4 is 22.8 Å². The van der Waals surface area contributed by atoms with Gasteiger partial charge in [0.25, 0.3) is 0 Å². The molecule has 0 N–H and O–H groups in total. The van der Waals surface area contributed by atoms with Gasteiger partial charge in [-0.25, -0.2) is 9.36 Å². The Labute approximate surface area is 153 Å². The molecule has 0 saturated carbocycles. The summed E-state index contributed by atoms with van der Waals surface area (Å²) in [6.45, 7) is 9.23. The lowest BCUT2D eigenvalue weighted by Crippen LogP contribution is -2.27. The topological polar surface area (TPSA) is 48.3 Å². The van der Waals surface area contributed by atoms with Gasteiger partial charge in [0.15, 0.2) is 5.78 Å². The second-order valence-corrected chi connectivity index (χ2v) is 7.49. The van der Waals surface area contributed by atoms with Crippen molar-refractivity contribution in [2.45, 2.75) is 40.2 Å². The van der Waals surface area contributed by atoms with Gasteiger partial charge in [-0.15, -0.1) is 0 Å². The van der Waals surface area contributed by atoms with Gasteiger partial charge in [0.05, 0.1) is 11.1 Å². The number of ketones is 1. The summed E-state index contributed by atoms with van der Waals surface area (Å²) in [5.41, 5.74) is 2.83. The molecule has 0 spiro atoms. The summed E-state index contributed by atoms with van der Waals surface area (Å²) in [5.74, 6) is -0.0963. The number of fused-ring (bicyclic) bond motifs is 1. The minimum absolute atomic E-state index is 0.0963. The predicted octanol–water partition coefficient (Wildman–Crippen LogP) is 5.27. The first-order chi connectivity index (χ1) is 12.2. The first-order valence-electron chi connectivity index (χ1n) is 8.64. The number of hydrogen-bond donors (Lipinski definition) is 0. The fourth-order valence-electron chi connectivity index (χ4n) is 3.10. The van der Waals surface area contributed by atoms with Gasteiger partial charge in [0.1, 0.15) is 5.60 Å². The summed E-state index contributed by atoms with van der Waals surface area (Å²) in [7, 11) is 0. The van der Waals surface area contributed by atoms with Gasteiger partial charge >= 0.3 is 6.09 Å². The summed E-state index contributed by atoms with van der Waals surface area (Å²) in [6.07, 6.45) is -0.476. The van der Waals surface area contributed by atoms with Crippen molar-refractivity contribution < 1.29 is 14.3 Å². The van der Waals surface area contributed by atoms with Gasteiger partial charge in [-0.05, 0) is 46.8 Å². The SMILES string of the molecule is Cc1ccc2c(c1)c(C(=O)c1ccccc1)c(C)n2C(=O)OC(C)(C)C. The van der Waals surface area contributed by atoms with Crippen LogP contribution >= 0.6 is 0 Å². The Morgan fingerprint density at radius 2 is 1.62 bits per heavy atom. The largest absolute Gasteiger partial charge is 0.443 e. The predicted molar refractivity (Wildman–Crippen MR) is 103 cm³/mol. The average Bonchev–Trinajstić information content (AvgIpc) is 2.84. The van der Waals surface area contributed by atoms with Crippen LogP contribution in [-0.4, -0.2) is 22.0 Å². The number of carbonyl (C=O) groups is 2. The molecule has 0 radical (unpaired) electrons. The Kier molecular flexibility index (Phi) is 4.45. The van der Waals surface area contributed by atoms with E-state index < -0.39 is 11.7 Å². The first kappa shape index (κ1) is 17.9. The molecule has 0 bridgehead atoms. The molecule has 26 heavy (non-hydrogen) atoms. The van der Waals surface area contributed by atoms with E-state index in [0.29, 0.717) is 22.3 Å². The molecule has 0 amide bonds. The fraction of sp³-hybridized carbons (Fsp3) is 0.273. The van der Waals surface area contributed by atoms with E-state index in [4.69, 9.17) is 4.74 Å². The van der Waals surface area contributed by atoms with Crippen molar-refractivity contribution in [1.82, 2.24) is 4.57 Å². The lowest BCUT2D eigenvalue weighted by Gasteiger charge is -2.20. The highest BCUT2D eigenvalue weighted by Crippen LogP contribution is 2.30. The Hall–Kier alpha value is -2.88. The molecule has 134 valence electrons. The smallest absolute Gasteiger partial charge is 0.419 e. The Morgan fingerprint density at radius 1 is 0.962 bits per heavy atom. The molecular formula is C22H23NO3. The van der Waals surface area contributed by atoms with E-state index in [2.05, 4.69) is 0 Å². The van der Waals surface area contributed by atoms with Crippen LogP contribution < -0.4 is 0 Å². The second kappa shape index (κ2) is 6.45. The van der Waals surface area contributed by atoms with Gasteiger partial charge in [0, 0.05) is 16.6 Å². The maximum Gasteiger partial charge on any atom is 0.419 e. The van der Waals surface area contributed by atoms with Crippen LogP contribution in [0, 0.1) is 13.8 Å². The number of hydrogen-bond acceptors (Lipinski definition) is 3. The van der Waals surface area contributed by atoms with Crippen molar-refractivity contribution in [2.24, 2.45) is 0 Å². The summed E-state index contributed by atoms with van der Waals surface area (Å²) in [4.78, 5) is 25.9. The number of benzene rings is 2. The van der Waals surface area contributed by atoms with Crippen LogP contribution in [0.2, 0.25) is 0 Å². The third-order valence-corrected chi connectivity index (χ3v) is 4.20. The standard InChI is InChI=1S/C22H23NO3/c1-14-11-12-18-17(13-14)19(20(24)16-9-7-6-8-10-16)15(2)23(18)21(25)26-22(3,4)5/h6-13H,1-5H3. The number of nitrogens with zero attached hydrogens (tertiary/aromatic N) is 1. The van der Waals surface area contributed by atoms with Crippen LogP contribution in [0.1, 0.15) is 48.0 Å². The zero-order chi connectivity index (χ0) is 19.1. The van der Waals surface area contributed by atoms with Crippen molar-refractivity contribution in [3.05, 3.63) is 70.9 Å². The summed E-state index contributed by atoms with van der Waals surface area (Å²) < 4.78 is 7.05. The van der Waals surface area contributed by atoms with Crippen molar-refractivity contribution in [3.8, 4) is 0 Å². The molecule has 0 aliphatic rings. The maximum atomic E-state index is 13.1. The third-order valence-electron chi connectivity index (χ3n) is 4.20. The van der Waals surface area contributed by atoms with Crippen molar-refractivity contribution in [1.29, 1.82) is 0 Å². The van der Waals surface area contributed by atoms with Gasteiger partial charge in [-0.1, -0.05) is 42.0 Å². The number of ether oxygens (including phenoxy) is 1. The van der Waals surface area contributed by atoms with E-state index in [1.165, 1.54) is 4.57 Å². The van der Waals surface area contributed by atoms with Crippen LogP contribution in [0.15, 0.2) is 48.5 Å². The number of aromatic nitrogens is 1. The Morgan fingerprint density at radius 3 is 2.23 bits per heavy atom. The molecule has 4 heteroatoms. The molecule has 2 aromatic carbocycles. The lowest BCUT2D eigenvalue weighted by molar-refractivity contribution is 0.0541. The van der Waals surface area contributed by atoms with E-state index in [1.807, 2.05) is 64.1 Å². The van der Waals surface area contributed by atoms with Crippen LogP contribution in [-0.2, 0) is 4.74 Å². The molecule has 3 rings (SSSR count). The molecular weight excluding hydrogens is 326 g/mol. The van der Waals surface area contributed by atoms with E-state index >= 15 is 0 Å². The number of aryl methyl sites for hydroxylation is 1. The summed E-state index contributed by atoms with van der Waals surface area (Å²) in [6, 6.07) is 14.9. The lowest BCUT2D eigenvalue weighted by atomic mass is 10.00. The molecule has 0 atom stereocenters. The highest BCUT2D eigenvalue weighted by Gasteiger charge is 2.26. The Bertz CT molecular complexity index is 992. The molecule has 1 aromatic heterocycles. The van der Waals surface area contributed by atoms with E-state index in [0.717, 1.165) is 10.9 Å². The quantitative estimate of drug-likeness (QED) is 0.592. The number of rotatable bonds is 2. The van der Waals surface area contributed by atoms with Crippen LogP contribution in [0.5, 0.6) is 0 Å². The van der Waals surface area contributed by atoms with E-state index in [1.54, 1.807) is 19.1 Å². The maximum absolute atomic E-state index is 13.1. The van der Waals surface area contributed by atoms with E-state index in [9.17, 15) is 9.59 Å². The van der Waals surface area contributed by atoms with Crippen LogP contribution in [0.25, 0.3) is 10.9 Å². The van der Waals surface area contributed by atoms with Gasteiger partial charge < -0.3 is 4.74 Å². The third kappa shape index (κ3) is 3.27. The molecule has 0 unspecified atom stereocenters. The highest BCUT2D eigenvalue weighted by atomic mass is 16.6. The average molecular weight is 349 g/mol. The fourth-order valence-corrected chi connectivity index (χ4v) is 3.10. The molecule has 0 saturated heterocycles. The zero-order valence-electron chi connectivity index (χ0n) is 15.8. The number of carbonyl (C=O) groups excluding carboxylic acids is 2. The van der Waals surface area contributed by atoms with Crippen LogP contribution in [0.4, 0.5) is 4.79 Å². The zero-order valence-corrected chi connectivity index (χ0v) is 15.8. The van der Waals surface area contributed by atoms with Crippen molar-refractivity contribution in [2.75, 3.05) is 0 Å². The van der Waals surface area contributed by atoms with Gasteiger partial charge in [-0.3, -0.25) is 4.79 Å². The van der Waals surface area contributed by atoms with Crippen LogP contribution in [0.3, 0.4) is 0 Å². The van der Waals surface area contributed by atoms with Crippen molar-refractivity contribution in [3.63, 3.8) is 0 Å². The summed E-state index contributed by atoms with van der Waals surface area (Å²) >= 11 is 0. The monoisotopic (exact) mass is 349 g/mol. The second-order valence-electron chi connectivity index (χ2n) is 7.49. The highest BCUT2D eigenvalue weighted by molar-refractivity contribution is 6.18. The minimum Gasteiger partial charge on any atom is -0.443 e. The molecule has 3 aromatic rings. The first-order valence-corrected chi connectivity index (χ1v) is 8.64. The molecule has 1 heterocycles. The molecule has 0 aliphatic carbocycles. The van der Waals surface area contributed by atoms with E-state index in [-0.39, 0.29) is 5.78 Å². The molecule has 0 fully saturated rings.